The fourth-order valence-electron chi connectivity index (χ4n) is 2.05. The van der Waals surface area contributed by atoms with E-state index >= 15 is 0 Å². The van der Waals surface area contributed by atoms with Crippen molar-refractivity contribution >= 4 is 16.6 Å². The number of nitrogens with one attached hydrogen (secondary N) is 1. The molecule has 0 radical (unpaired) electrons. The zero-order valence-corrected chi connectivity index (χ0v) is 10.8. The van der Waals surface area contributed by atoms with E-state index in [1.807, 2.05) is 12.3 Å². The molecule has 2 nitrogen and oxygen atoms in total. The minimum atomic E-state index is 0.606. The van der Waals surface area contributed by atoms with E-state index in [1.54, 1.807) is 0 Å². The number of benzene rings is 1. The Morgan fingerprint density at radius 2 is 2.06 bits per heavy atom. The average Bonchev–Trinajstić information content (AvgIpc) is 2.38. The van der Waals surface area contributed by atoms with Gasteiger partial charge in [0.25, 0.3) is 0 Å². The molecule has 0 saturated heterocycles. The molecule has 1 atom stereocenters. The number of hydrogen-bond donors (Lipinski definition) is 1. The Hall–Kier alpha value is -1.57. The van der Waals surface area contributed by atoms with Crippen molar-refractivity contribution in [3.05, 3.63) is 36.0 Å². The smallest absolute Gasteiger partial charge is 0.0722 e. The van der Waals surface area contributed by atoms with Crippen LogP contribution in [0.3, 0.4) is 0 Å². The minimum absolute atomic E-state index is 0.606. The number of pyridine rings is 1. The molecule has 1 unspecified atom stereocenters. The van der Waals surface area contributed by atoms with Crippen molar-refractivity contribution in [2.45, 2.75) is 33.1 Å². The van der Waals surface area contributed by atoms with Gasteiger partial charge in [0.2, 0.25) is 0 Å². The summed E-state index contributed by atoms with van der Waals surface area (Å²) in [6.07, 6.45) is 3.03. The molecule has 1 N–H and O–H groups in total. The predicted octanol–water partition coefficient (Wildman–Crippen LogP) is 4.18. The van der Waals surface area contributed by atoms with Gasteiger partial charge in [0.1, 0.15) is 0 Å². The lowest BCUT2D eigenvalue weighted by Crippen LogP contribution is -1.99. The van der Waals surface area contributed by atoms with Crippen molar-refractivity contribution in [1.29, 1.82) is 0 Å². The number of rotatable bonds is 4. The number of fused-ring (bicyclic) bond motifs is 1. The predicted molar refractivity (Wildman–Crippen MR) is 74.6 cm³/mol. The molecule has 1 aromatic heterocycles. The van der Waals surface area contributed by atoms with Crippen molar-refractivity contribution in [3.63, 3.8) is 0 Å². The van der Waals surface area contributed by atoms with Crippen LogP contribution in [0.4, 0.5) is 5.69 Å². The maximum atomic E-state index is 4.41. The van der Waals surface area contributed by atoms with Crippen LogP contribution in [-0.2, 0) is 0 Å². The SMILES string of the molecule is CCNc1ccnc2ccc(C(C)CC)cc12. The van der Waals surface area contributed by atoms with Crippen molar-refractivity contribution in [2.24, 2.45) is 0 Å². The molecule has 90 valence electrons. The molecule has 0 bridgehead atoms. The van der Waals surface area contributed by atoms with Crippen LogP contribution in [0.5, 0.6) is 0 Å². The largest absolute Gasteiger partial charge is 0.385 e. The lowest BCUT2D eigenvalue weighted by atomic mass is 9.97. The van der Waals surface area contributed by atoms with Gasteiger partial charge in [-0.25, -0.2) is 0 Å². The van der Waals surface area contributed by atoms with Crippen LogP contribution in [0.1, 0.15) is 38.7 Å². The van der Waals surface area contributed by atoms with Gasteiger partial charge in [-0.15, -0.1) is 0 Å². The third-order valence-electron chi connectivity index (χ3n) is 3.31. The number of anilines is 1. The molecule has 2 aromatic rings. The van der Waals surface area contributed by atoms with E-state index in [4.69, 9.17) is 0 Å². The molecule has 0 fully saturated rings. The fraction of sp³-hybridized carbons (Fsp3) is 0.400. The second-order valence-electron chi connectivity index (χ2n) is 4.47. The van der Waals surface area contributed by atoms with E-state index in [2.05, 4.69) is 49.3 Å². The van der Waals surface area contributed by atoms with Crippen LogP contribution in [0.25, 0.3) is 10.9 Å². The van der Waals surface area contributed by atoms with Gasteiger partial charge in [-0.2, -0.15) is 0 Å². The maximum absolute atomic E-state index is 4.41. The standard InChI is InChI=1S/C15H20N2/c1-4-11(3)12-6-7-14-13(10-12)15(16-5-2)8-9-17-14/h6-11H,4-5H2,1-3H3,(H,16,17). The first-order valence-electron chi connectivity index (χ1n) is 6.38. The molecule has 0 amide bonds. The number of hydrogen-bond acceptors (Lipinski definition) is 2. The van der Waals surface area contributed by atoms with Crippen molar-refractivity contribution in [1.82, 2.24) is 4.98 Å². The van der Waals surface area contributed by atoms with Gasteiger partial charge in [-0.1, -0.05) is 19.9 Å². The Balaban J connectivity index is 2.53. The highest BCUT2D eigenvalue weighted by atomic mass is 14.9. The van der Waals surface area contributed by atoms with Gasteiger partial charge in [-0.3, -0.25) is 4.98 Å². The van der Waals surface area contributed by atoms with Crippen LogP contribution >= 0.6 is 0 Å². The fourth-order valence-corrected chi connectivity index (χ4v) is 2.05. The summed E-state index contributed by atoms with van der Waals surface area (Å²) in [6, 6.07) is 8.64. The van der Waals surface area contributed by atoms with Gasteiger partial charge in [0.05, 0.1) is 5.52 Å². The van der Waals surface area contributed by atoms with Crippen molar-refractivity contribution in [3.8, 4) is 0 Å². The topological polar surface area (TPSA) is 24.9 Å². The second kappa shape index (κ2) is 5.17. The summed E-state index contributed by atoms with van der Waals surface area (Å²) in [4.78, 5) is 4.41. The van der Waals surface area contributed by atoms with E-state index in [0.717, 1.165) is 12.1 Å². The highest BCUT2D eigenvalue weighted by molar-refractivity contribution is 5.91. The number of nitrogens with zero attached hydrogens (tertiary/aromatic N) is 1. The van der Waals surface area contributed by atoms with E-state index in [9.17, 15) is 0 Å². The molecule has 0 spiro atoms. The molecule has 2 rings (SSSR count). The minimum Gasteiger partial charge on any atom is -0.385 e. The molecule has 0 aliphatic rings. The van der Waals surface area contributed by atoms with Crippen LogP contribution in [0.2, 0.25) is 0 Å². The Kier molecular flexibility index (Phi) is 3.62. The normalized spacial score (nSPS) is 12.6. The number of aromatic nitrogens is 1. The third-order valence-corrected chi connectivity index (χ3v) is 3.31. The second-order valence-corrected chi connectivity index (χ2v) is 4.47. The summed E-state index contributed by atoms with van der Waals surface area (Å²) in [5.74, 6) is 0.606. The van der Waals surface area contributed by atoms with Crippen molar-refractivity contribution < 1.29 is 0 Å². The van der Waals surface area contributed by atoms with Crippen LogP contribution < -0.4 is 5.32 Å². The Labute approximate surface area is 103 Å². The van der Waals surface area contributed by atoms with Crippen LogP contribution in [0.15, 0.2) is 30.5 Å². The summed E-state index contributed by atoms with van der Waals surface area (Å²) in [5, 5.41) is 4.62. The summed E-state index contributed by atoms with van der Waals surface area (Å²) in [5.41, 5.74) is 3.64. The Bertz CT molecular complexity index is 505. The first-order valence-corrected chi connectivity index (χ1v) is 6.38. The van der Waals surface area contributed by atoms with Gasteiger partial charge in [-0.05, 0) is 43.0 Å². The molecule has 1 aromatic carbocycles. The summed E-state index contributed by atoms with van der Waals surface area (Å²) >= 11 is 0. The molecule has 2 heteroatoms. The van der Waals surface area contributed by atoms with E-state index < -0.39 is 0 Å². The first kappa shape index (κ1) is 11.9. The Morgan fingerprint density at radius 1 is 1.24 bits per heavy atom. The average molecular weight is 228 g/mol. The van der Waals surface area contributed by atoms with Crippen LogP contribution in [-0.4, -0.2) is 11.5 Å². The van der Waals surface area contributed by atoms with Gasteiger partial charge < -0.3 is 5.32 Å². The molecular formula is C15H20N2. The van der Waals surface area contributed by atoms with E-state index in [1.165, 1.54) is 23.1 Å². The molecule has 0 aliphatic carbocycles. The first-order chi connectivity index (χ1) is 8.26. The zero-order valence-electron chi connectivity index (χ0n) is 10.8. The monoisotopic (exact) mass is 228 g/mol. The molecule has 0 aliphatic heterocycles. The zero-order chi connectivity index (χ0) is 12.3. The summed E-state index contributed by atoms with van der Waals surface area (Å²) < 4.78 is 0. The molecule has 0 saturated carbocycles. The van der Waals surface area contributed by atoms with Gasteiger partial charge >= 0.3 is 0 Å². The van der Waals surface area contributed by atoms with Gasteiger partial charge in [0.15, 0.2) is 0 Å². The lowest BCUT2D eigenvalue weighted by molar-refractivity contribution is 0.734. The van der Waals surface area contributed by atoms with E-state index in [-0.39, 0.29) is 0 Å². The van der Waals surface area contributed by atoms with E-state index in [0.29, 0.717) is 5.92 Å². The summed E-state index contributed by atoms with van der Waals surface area (Å²) in [6.45, 7) is 7.55. The molecular weight excluding hydrogens is 208 g/mol. The Morgan fingerprint density at radius 3 is 2.76 bits per heavy atom. The quantitative estimate of drug-likeness (QED) is 0.849. The molecule has 1 heterocycles. The highest BCUT2D eigenvalue weighted by Gasteiger charge is 2.06. The lowest BCUT2D eigenvalue weighted by Gasteiger charge is -2.12. The molecule has 17 heavy (non-hydrogen) atoms. The highest BCUT2D eigenvalue weighted by Crippen LogP contribution is 2.27. The van der Waals surface area contributed by atoms with Crippen molar-refractivity contribution in [2.75, 3.05) is 11.9 Å². The summed E-state index contributed by atoms with van der Waals surface area (Å²) in [7, 11) is 0. The third kappa shape index (κ3) is 2.41. The maximum Gasteiger partial charge on any atom is 0.0722 e. The van der Waals surface area contributed by atoms with Crippen LogP contribution in [0, 0.1) is 0 Å². The van der Waals surface area contributed by atoms with Gasteiger partial charge in [0, 0.05) is 23.8 Å².